The molecule has 1 atom stereocenters. The molecule has 4 aromatic rings. The number of carbonyl (C=O) groups is 1. The number of amides is 1. The van der Waals surface area contributed by atoms with Crippen molar-refractivity contribution in [2.75, 3.05) is 31.6 Å². The Bertz CT molecular complexity index is 1750. The number of H-pyrrole nitrogens is 1. The van der Waals surface area contributed by atoms with Gasteiger partial charge in [-0.1, -0.05) is 18.2 Å². The van der Waals surface area contributed by atoms with Gasteiger partial charge in [0.15, 0.2) is 0 Å². The molecule has 1 aliphatic heterocycles. The maximum atomic E-state index is 13.2. The van der Waals surface area contributed by atoms with Crippen molar-refractivity contribution in [3.05, 3.63) is 82.5 Å². The molecule has 218 valence electrons. The first kappa shape index (κ1) is 27.6. The Morgan fingerprint density at radius 3 is 2.76 bits per heavy atom. The second-order valence-corrected chi connectivity index (χ2v) is 11.8. The standard InChI is InChI=1S/C28H28N6O7S/c35-28(21-4-1-2-6-26(21)41-27-7-3-5-23-22(27)16-30-31-23)32-42(38,39)20-10-11-24(25(14-20)34(36)37)29-15-19-17-33(12-13-40-19)18-8-9-18/h1-7,10-11,14,16,18-19,29H,8-9,12-13,15,17H2,(H,30,31)(H,32,35). The van der Waals surface area contributed by atoms with E-state index in [1.165, 1.54) is 37.1 Å². The molecule has 42 heavy (non-hydrogen) atoms. The molecule has 2 heterocycles. The highest BCUT2D eigenvalue weighted by Crippen LogP contribution is 2.32. The molecule has 2 aliphatic rings. The lowest BCUT2D eigenvalue weighted by Gasteiger charge is -2.33. The average Bonchev–Trinajstić information content (AvgIpc) is 3.73. The van der Waals surface area contributed by atoms with Gasteiger partial charge in [0.25, 0.3) is 21.6 Å². The highest BCUT2D eigenvalue weighted by atomic mass is 32.2. The second-order valence-electron chi connectivity index (χ2n) is 10.2. The molecule has 6 rings (SSSR count). The van der Waals surface area contributed by atoms with Crippen LogP contribution in [0.1, 0.15) is 23.2 Å². The molecule has 1 aromatic heterocycles. The number of rotatable bonds is 10. The van der Waals surface area contributed by atoms with Crippen LogP contribution in [-0.2, 0) is 14.8 Å². The molecule has 0 bridgehead atoms. The van der Waals surface area contributed by atoms with Gasteiger partial charge in [-0.05, 0) is 49.2 Å². The van der Waals surface area contributed by atoms with E-state index in [4.69, 9.17) is 9.47 Å². The number of aromatic nitrogens is 2. The molecular weight excluding hydrogens is 564 g/mol. The van der Waals surface area contributed by atoms with Crippen LogP contribution in [0.2, 0.25) is 0 Å². The topological polar surface area (TPSA) is 169 Å². The zero-order valence-corrected chi connectivity index (χ0v) is 23.2. The van der Waals surface area contributed by atoms with E-state index in [-0.39, 0.29) is 23.1 Å². The maximum absolute atomic E-state index is 13.2. The molecule has 14 heteroatoms. The zero-order valence-electron chi connectivity index (χ0n) is 22.4. The predicted octanol–water partition coefficient (Wildman–Crippen LogP) is 3.66. The molecular formula is C28H28N6O7S. The molecule has 1 aliphatic carbocycles. The molecule has 2 fully saturated rings. The van der Waals surface area contributed by atoms with Gasteiger partial charge in [0.05, 0.1) is 45.2 Å². The number of hydrogen-bond donors (Lipinski definition) is 3. The quantitative estimate of drug-likeness (QED) is 0.182. The monoisotopic (exact) mass is 592 g/mol. The van der Waals surface area contributed by atoms with E-state index < -0.39 is 31.4 Å². The number of aromatic amines is 1. The number of hydrogen-bond acceptors (Lipinski definition) is 10. The highest BCUT2D eigenvalue weighted by molar-refractivity contribution is 7.90. The SMILES string of the molecule is O=C(NS(=O)(=O)c1ccc(NCC2CN(C3CC3)CCO2)c([N+](=O)[O-])c1)c1ccccc1Oc1cccc2[nH]ncc12. The van der Waals surface area contributed by atoms with Gasteiger partial charge in [-0.25, -0.2) is 13.1 Å². The Balaban J connectivity index is 1.17. The van der Waals surface area contributed by atoms with Crippen molar-refractivity contribution in [1.29, 1.82) is 0 Å². The van der Waals surface area contributed by atoms with Crippen molar-refractivity contribution in [2.24, 2.45) is 0 Å². The van der Waals surface area contributed by atoms with Crippen LogP contribution in [-0.4, -0.2) is 72.7 Å². The summed E-state index contributed by atoms with van der Waals surface area (Å²) in [5.74, 6) is -0.416. The summed E-state index contributed by atoms with van der Waals surface area (Å²) < 4.78 is 40.1. The number of nitro groups is 1. The van der Waals surface area contributed by atoms with Gasteiger partial charge in [0.1, 0.15) is 17.2 Å². The highest BCUT2D eigenvalue weighted by Gasteiger charge is 2.33. The van der Waals surface area contributed by atoms with Crippen LogP contribution in [0.25, 0.3) is 10.9 Å². The van der Waals surface area contributed by atoms with E-state index in [1.807, 2.05) is 10.8 Å². The molecule has 1 saturated heterocycles. The van der Waals surface area contributed by atoms with Gasteiger partial charge < -0.3 is 14.8 Å². The van der Waals surface area contributed by atoms with E-state index in [2.05, 4.69) is 20.4 Å². The number of nitro benzene ring substituents is 1. The summed E-state index contributed by atoms with van der Waals surface area (Å²) in [4.78, 5) is 26.3. The van der Waals surface area contributed by atoms with Gasteiger partial charge in [-0.3, -0.25) is 24.9 Å². The number of fused-ring (bicyclic) bond motifs is 1. The Kier molecular flexibility index (Phi) is 7.49. The van der Waals surface area contributed by atoms with Crippen LogP contribution in [0.5, 0.6) is 11.5 Å². The summed E-state index contributed by atoms with van der Waals surface area (Å²) in [5, 5.41) is 22.4. The summed E-state index contributed by atoms with van der Waals surface area (Å²) in [7, 11) is -4.47. The number of carbonyl (C=O) groups excluding carboxylic acids is 1. The summed E-state index contributed by atoms with van der Waals surface area (Å²) in [6.07, 6.45) is 3.79. The second kappa shape index (κ2) is 11.4. The largest absolute Gasteiger partial charge is 0.456 e. The Morgan fingerprint density at radius 1 is 1.14 bits per heavy atom. The summed E-state index contributed by atoms with van der Waals surface area (Å²) in [6.45, 7) is 2.52. The smallest absolute Gasteiger partial charge is 0.293 e. The number of morpholine rings is 1. The lowest BCUT2D eigenvalue weighted by Crippen LogP contribution is -2.46. The molecule has 1 saturated carbocycles. The molecule has 1 amide bonds. The normalized spacial score (nSPS) is 17.6. The van der Waals surface area contributed by atoms with Crippen molar-refractivity contribution >= 4 is 38.2 Å². The number of nitrogens with zero attached hydrogens (tertiary/aromatic N) is 3. The first-order chi connectivity index (χ1) is 20.3. The first-order valence-electron chi connectivity index (χ1n) is 13.4. The number of para-hydroxylation sites is 1. The number of sulfonamides is 1. The molecule has 3 aromatic carbocycles. The minimum absolute atomic E-state index is 0.0397. The van der Waals surface area contributed by atoms with Crippen LogP contribution in [0.15, 0.2) is 71.8 Å². The molecule has 0 spiro atoms. The van der Waals surface area contributed by atoms with Crippen molar-refractivity contribution < 1.29 is 27.6 Å². The minimum Gasteiger partial charge on any atom is -0.456 e. The molecule has 3 N–H and O–H groups in total. The Hall–Kier alpha value is -4.53. The van der Waals surface area contributed by atoms with Gasteiger partial charge in [-0.2, -0.15) is 5.10 Å². The minimum atomic E-state index is -4.47. The van der Waals surface area contributed by atoms with Crippen molar-refractivity contribution in [3.8, 4) is 11.5 Å². The number of anilines is 1. The fraction of sp³-hybridized carbons (Fsp3) is 0.286. The Morgan fingerprint density at radius 2 is 1.95 bits per heavy atom. The third-order valence-electron chi connectivity index (χ3n) is 7.25. The van der Waals surface area contributed by atoms with Crippen LogP contribution < -0.4 is 14.8 Å². The first-order valence-corrected chi connectivity index (χ1v) is 14.9. The summed E-state index contributed by atoms with van der Waals surface area (Å²) >= 11 is 0. The van der Waals surface area contributed by atoms with Crippen molar-refractivity contribution in [1.82, 2.24) is 19.8 Å². The van der Waals surface area contributed by atoms with Crippen molar-refractivity contribution in [3.63, 3.8) is 0 Å². The van der Waals surface area contributed by atoms with Crippen LogP contribution >= 0.6 is 0 Å². The third-order valence-corrected chi connectivity index (χ3v) is 8.58. The van der Waals surface area contributed by atoms with E-state index in [0.717, 1.165) is 24.7 Å². The lowest BCUT2D eigenvalue weighted by atomic mass is 10.2. The fourth-order valence-electron chi connectivity index (χ4n) is 4.97. The molecule has 13 nitrogen and oxygen atoms in total. The summed E-state index contributed by atoms with van der Waals surface area (Å²) in [5.41, 5.74) is 0.409. The Labute approximate surface area is 241 Å². The van der Waals surface area contributed by atoms with Crippen LogP contribution in [0.4, 0.5) is 11.4 Å². The van der Waals surface area contributed by atoms with Gasteiger partial charge in [0.2, 0.25) is 0 Å². The van der Waals surface area contributed by atoms with Crippen molar-refractivity contribution in [2.45, 2.75) is 29.9 Å². The number of nitrogens with one attached hydrogen (secondary N) is 3. The van der Waals surface area contributed by atoms with E-state index >= 15 is 0 Å². The fourth-order valence-corrected chi connectivity index (χ4v) is 5.95. The average molecular weight is 593 g/mol. The maximum Gasteiger partial charge on any atom is 0.293 e. The summed E-state index contributed by atoms with van der Waals surface area (Å²) in [6, 6.07) is 15.5. The van der Waals surface area contributed by atoms with Crippen LogP contribution in [0.3, 0.4) is 0 Å². The molecule has 0 radical (unpaired) electrons. The third kappa shape index (κ3) is 5.91. The van der Waals surface area contributed by atoms with E-state index in [1.54, 1.807) is 30.5 Å². The van der Waals surface area contributed by atoms with E-state index in [9.17, 15) is 23.3 Å². The lowest BCUT2D eigenvalue weighted by molar-refractivity contribution is -0.384. The number of ether oxygens (including phenoxy) is 2. The zero-order chi connectivity index (χ0) is 29.3. The molecule has 1 unspecified atom stereocenters. The van der Waals surface area contributed by atoms with Gasteiger partial charge >= 0.3 is 0 Å². The van der Waals surface area contributed by atoms with Crippen LogP contribution in [0, 0.1) is 10.1 Å². The predicted molar refractivity (Wildman–Crippen MR) is 153 cm³/mol. The van der Waals surface area contributed by atoms with Gasteiger partial charge in [-0.15, -0.1) is 0 Å². The van der Waals surface area contributed by atoms with Gasteiger partial charge in [0, 0.05) is 31.7 Å². The number of benzene rings is 3. The van der Waals surface area contributed by atoms with E-state index in [0.29, 0.717) is 30.3 Å².